The Balaban J connectivity index is 1.94. The van der Waals surface area contributed by atoms with Crippen LogP contribution in [0.4, 0.5) is 0 Å². The van der Waals surface area contributed by atoms with Gasteiger partial charge in [-0.2, -0.15) is 0 Å². The third-order valence-corrected chi connectivity index (χ3v) is 2.46. The lowest BCUT2D eigenvalue weighted by Gasteiger charge is -2.42. The molecule has 0 aromatic rings. The summed E-state index contributed by atoms with van der Waals surface area (Å²) in [5.41, 5.74) is 3.81. The van der Waals surface area contributed by atoms with E-state index >= 15 is 0 Å². The molecule has 0 bridgehead atoms. The van der Waals surface area contributed by atoms with Crippen molar-refractivity contribution in [3.05, 3.63) is 0 Å². The molecule has 108 valence electrons. The molecule has 1 heterocycles. The molecular weight excluding hydrogens is 228 g/mol. The van der Waals surface area contributed by atoms with E-state index in [0.29, 0.717) is 19.3 Å². The van der Waals surface area contributed by atoms with Crippen LogP contribution in [0.5, 0.6) is 0 Å². The minimum absolute atomic E-state index is 0.140. The van der Waals surface area contributed by atoms with E-state index in [2.05, 4.69) is 52.0 Å². The predicted octanol–water partition coefficient (Wildman–Crippen LogP) is 2.05. The number of nitrogens with zero attached hydrogens (tertiary/aromatic N) is 1. The molecule has 4 nitrogen and oxygen atoms in total. The molecule has 1 aliphatic heterocycles. The van der Waals surface area contributed by atoms with E-state index in [1.807, 2.05) is 0 Å². The first kappa shape index (κ1) is 15.9. The van der Waals surface area contributed by atoms with Crippen LogP contribution in [0.2, 0.25) is 0 Å². The van der Waals surface area contributed by atoms with E-state index in [9.17, 15) is 0 Å². The molecule has 1 saturated heterocycles. The molecular formula is C14H30N2O2. The van der Waals surface area contributed by atoms with Gasteiger partial charge in [0.25, 0.3) is 0 Å². The number of nitrogens with one attached hydrogen (secondary N) is 1. The normalized spacial score (nSPS) is 19.0. The van der Waals surface area contributed by atoms with Gasteiger partial charge in [0, 0.05) is 18.6 Å². The average molecular weight is 258 g/mol. The summed E-state index contributed by atoms with van der Waals surface area (Å²) in [6, 6.07) is 0. The Hall–Kier alpha value is -0.160. The van der Waals surface area contributed by atoms with E-state index < -0.39 is 0 Å². The number of hydrazine groups is 1. The van der Waals surface area contributed by atoms with E-state index in [1.165, 1.54) is 0 Å². The molecule has 0 radical (unpaired) electrons. The molecule has 0 unspecified atom stereocenters. The zero-order chi connectivity index (χ0) is 13.8. The van der Waals surface area contributed by atoms with Crippen molar-refractivity contribution < 1.29 is 9.47 Å². The fourth-order valence-electron chi connectivity index (χ4n) is 1.76. The molecule has 1 N–H and O–H groups in total. The highest BCUT2D eigenvalue weighted by atomic mass is 16.5. The van der Waals surface area contributed by atoms with Gasteiger partial charge >= 0.3 is 0 Å². The Morgan fingerprint density at radius 3 is 2.17 bits per heavy atom. The maximum atomic E-state index is 5.73. The second-order valence-corrected chi connectivity index (χ2v) is 7.37. The summed E-state index contributed by atoms with van der Waals surface area (Å²) in [6.45, 7) is 17.2. The van der Waals surface area contributed by atoms with Crippen LogP contribution in [0.15, 0.2) is 0 Å². The summed E-state index contributed by atoms with van der Waals surface area (Å²) < 4.78 is 11.3. The van der Waals surface area contributed by atoms with Crippen LogP contribution >= 0.6 is 0 Å². The molecule has 0 amide bonds. The fraction of sp³-hybridized carbons (Fsp3) is 1.00. The monoisotopic (exact) mass is 258 g/mol. The minimum Gasteiger partial charge on any atom is -0.379 e. The molecule has 0 atom stereocenters. The summed E-state index contributed by atoms with van der Waals surface area (Å²) in [5, 5.41) is 2.21. The molecule has 0 aliphatic carbocycles. The Morgan fingerprint density at radius 1 is 1.06 bits per heavy atom. The average Bonchev–Trinajstić information content (AvgIpc) is 2.08. The van der Waals surface area contributed by atoms with Crippen molar-refractivity contribution in [2.45, 2.75) is 53.2 Å². The topological polar surface area (TPSA) is 33.7 Å². The highest BCUT2D eigenvalue weighted by Gasteiger charge is 2.29. The van der Waals surface area contributed by atoms with Crippen molar-refractivity contribution >= 4 is 0 Å². The highest BCUT2D eigenvalue weighted by Crippen LogP contribution is 2.14. The van der Waals surface area contributed by atoms with Gasteiger partial charge in [-0.1, -0.05) is 20.8 Å². The van der Waals surface area contributed by atoms with Crippen LogP contribution < -0.4 is 5.43 Å². The van der Waals surface area contributed by atoms with Gasteiger partial charge in [-0.25, -0.2) is 10.4 Å². The molecule has 1 rings (SSSR count). The summed E-state index contributed by atoms with van der Waals surface area (Å²) in [6.07, 6.45) is 0.359. The minimum atomic E-state index is 0.140. The van der Waals surface area contributed by atoms with Crippen molar-refractivity contribution in [1.29, 1.82) is 0 Å². The summed E-state index contributed by atoms with van der Waals surface area (Å²) >= 11 is 0. The maximum Gasteiger partial charge on any atom is 0.0857 e. The van der Waals surface area contributed by atoms with Gasteiger partial charge in [0.1, 0.15) is 0 Å². The Kier molecular flexibility index (Phi) is 5.59. The lowest BCUT2D eigenvalue weighted by atomic mass is 9.99. The zero-order valence-corrected chi connectivity index (χ0v) is 12.9. The van der Waals surface area contributed by atoms with Crippen LogP contribution in [0.3, 0.4) is 0 Å². The van der Waals surface area contributed by atoms with Gasteiger partial charge < -0.3 is 9.47 Å². The molecule has 18 heavy (non-hydrogen) atoms. The number of hydrogen-bond donors (Lipinski definition) is 1. The van der Waals surface area contributed by atoms with Gasteiger partial charge in [-0.15, -0.1) is 0 Å². The first-order chi connectivity index (χ1) is 8.16. The molecule has 0 aromatic carbocycles. The Morgan fingerprint density at radius 2 is 1.67 bits per heavy atom. The van der Waals surface area contributed by atoms with Gasteiger partial charge in [-0.05, 0) is 26.2 Å². The van der Waals surface area contributed by atoms with Crippen LogP contribution in [0.25, 0.3) is 0 Å². The van der Waals surface area contributed by atoms with Crippen LogP contribution in [-0.4, -0.2) is 49.6 Å². The molecule has 4 heteroatoms. The van der Waals surface area contributed by atoms with E-state index in [-0.39, 0.29) is 11.0 Å². The zero-order valence-electron chi connectivity index (χ0n) is 12.9. The highest BCUT2D eigenvalue weighted by molar-refractivity contribution is 4.81. The van der Waals surface area contributed by atoms with Gasteiger partial charge in [0.2, 0.25) is 0 Å². The van der Waals surface area contributed by atoms with Crippen molar-refractivity contribution in [3.63, 3.8) is 0 Å². The predicted molar refractivity (Wildman–Crippen MR) is 74.5 cm³/mol. The number of rotatable bonds is 6. The first-order valence-corrected chi connectivity index (χ1v) is 6.88. The van der Waals surface area contributed by atoms with Crippen molar-refractivity contribution in [2.24, 2.45) is 5.41 Å². The lowest BCUT2D eigenvalue weighted by Crippen LogP contribution is -2.62. The van der Waals surface area contributed by atoms with Gasteiger partial charge in [0.15, 0.2) is 0 Å². The molecule has 0 aromatic heterocycles. The summed E-state index contributed by atoms with van der Waals surface area (Å²) in [7, 11) is 0. The van der Waals surface area contributed by atoms with Crippen LogP contribution in [-0.2, 0) is 9.47 Å². The molecule has 1 aliphatic rings. The van der Waals surface area contributed by atoms with Gasteiger partial charge in [0.05, 0.1) is 25.9 Å². The lowest BCUT2D eigenvalue weighted by molar-refractivity contribution is -0.101. The van der Waals surface area contributed by atoms with E-state index in [1.54, 1.807) is 0 Å². The third-order valence-electron chi connectivity index (χ3n) is 2.46. The van der Waals surface area contributed by atoms with Crippen LogP contribution in [0, 0.1) is 5.41 Å². The number of ether oxygens (including phenoxy) is 2. The maximum absolute atomic E-state index is 5.73. The molecule has 0 spiro atoms. The Bertz CT molecular complexity index is 237. The molecule has 1 fully saturated rings. The fourth-order valence-corrected chi connectivity index (χ4v) is 1.76. The first-order valence-electron chi connectivity index (χ1n) is 6.88. The van der Waals surface area contributed by atoms with Gasteiger partial charge in [-0.3, -0.25) is 0 Å². The van der Waals surface area contributed by atoms with Crippen molar-refractivity contribution in [2.75, 3.05) is 32.9 Å². The van der Waals surface area contributed by atoms with E-state index in [0.717, 1.165) is 19.7 Å². The summed E-state index contributed by atoms with van der Waals surface area (Å²) in [4.78, 5) is 0. The standard InChI is InChI=1S/C14H30N2O2/c1-13(2,3)11-17-7-8-18-12-9-16(10-12)15-14(4,5)6/h12,15H,7-11H2,1-6H3. The van der Waals surface area contributed by atoms with Crippen molar-refractivity contribution in [3.8, 4) is 0 Å². The van der Waals surface area contributed by atoms with Crippen molar-refractivity contribution in [1.82, 2.24) is 10.4 Å². The third kappa shape index (κ3) is 7.31. The molecule has 0 saturated carbocycles. The second-order valence-electron chi connectivity index (χ2n) is 7.37. The Labute approximate surface area is 112 Å². The number of hydrogen-bond acceptors (Lipinski definition) is 4. The summed E-state index contributed by atoms with van der Waals surface area (Å²) in [5.74, 6) is 0. The van der Waals surface area contributed by atoms with Crippen LogP contribution in [0.1, 0.15) is 41.5 Å². The smallest absolute Gasteiger partial charge is 0.0857 e. The SMILES string of the molecule is CC(C)(C)COCCOC1CN(NC(C)(C)C)C1. The second kappa shape index (κ2) is 6.33. The quantitative estimate of drug-likeness (QED) is 0.739. The largest absolute Gasteiger partial charge is 0.379 e. The van der Waals surface area contributed by atoms with E-state index in [4.69, 9.17) is 9.47 Å².